The van der Waals surface area contributed by atoms with Crippen molar-refractivity contribution in [3.63, 3.8) is 0 Å². The van der Waals surface area contributed by atoms with Gasteiger partial charge in [-0.05, 0) is 85.4 Å². The van der Waals surface area contributed by atoms with Crippen molar-refractivity contribution in [1.29, 1.82) is 0 Å². The van der Waals surface area contributed by atoms with Gasteiger partial charge in [0.15, 0.2) is 0 Å². The average molecular weight is 555 g/mol. The van der Waals surface area contributed by atoms with Crippen molar-refractivity contribution in [1.82, 2.24) is 10.6 Å². The maximum absolute atomic E-state index is 5.98. The molecule has 0 fully saturated rings. The van der Waals surface area contributed by atoms with Crippen LogP contribution in [0.2, 0.25) is 31.7 Å². The lowest BCUT2D eigenvalue weighted by atomic mass is 10.4. The molecule has 0 heterocycles. The summed E-state index contributed by atoms with van der Waals surface area (Å²) in [4.78, 5) is 0. The van der Waals surface area contributed by atoms with Crippen LogP contribution in [0, 0.1) is 0 Å². The largest absolute Gasteiger partial charge is 0.395 e. The normalized spacial score (nSPS) is 13.8. The second-order valence-corrected chi connectivity index (χ2v) is 20.4. The van der Waals surface area contributed by atoms with E-state index in [0.29, 0.717) is 32.2 Å². The molecule has 0 aliphatic heterocycles. The van der Waals surface area contributed by atoms with Crippen LogP contribution in [-0.4, -0.2) is 94.7 Å². The fourth-order valence-corrected chi connectivity index (χ4v) is 12.4. The summed E-state index contributed by atoms with van der Waals surface area (Å²) in [6.07, 6.45) is 2.09. The molecular formula is C22H54N2O6Si4. The lowest BCUT2D eigenvalue weighted by Gasteiger charge is -2.27. The monoisotopic (exact) mass is 554 g/mol. The van der Waals surface area contributed by atoms with Crippen LogP contribution in [0.1, 0.15) is 40.5 Å². The van der Waals surface area contributed by atoms with E-state index in [1.807, 2.05) is 27.7 Å². The van der Waals surface area contributed by atoms with Gasteiger partial charge in [-0.25, -0.2) is 0 Å². The van der Waals surface area contributed by atoms with Gasteiger partial charge in [-0.3, -0.25) is 0 Å². The third kappa shape index (κ3) is 15.4. The highest BCUT2D eigenvalue weighted by molar-refractivity contribution is 6.72. The molecular weight excluding hydrogens is 501 g/mol. The minimum Gasteiger partial charge on any atom is -0.395 e. The molecule has 0 saturated heterocycles. The van der Waals surface area contributed by atoms with Gasteiger partial charge in [0, 0.05) is 46.4 Å². The van der Waals surface area contributed by atoms with Crippen LogP contribution in [-0.2, 0) is 26.6 Å². The Hall–Kier alpha value is 0.288. The molecule has 34 heavy (non-hydrogen) atoms. The van der Waals surface area contributed by atoms with Gasteiger partial charge in [-0.1, -0.05) is 5.70 Å². The van der Waals surface area contributed by atoms with Crippen molar-refractivity contribution in [2.24, 2.45) is 0 Å². The lowest BCUT2D eigenvalue weighted by Crippen LogP contribution is -2.48. The highest BCUT2D eigenvalue weighted by Gasteiger charge is 2.31. The van der Waals surface area contributed by atoms with Gasteiger partial charge < -0.3 is 37.2 Å². The van der Waals surface area contributed by atoms with Gasteiger partial charge >= 0.3 is 25.7 Å². The highest BCUT2D eigenvalue weighted by Crippen LogP contribution is 2.16. The first-order chi connectivity index (χ1) is 16.1. The third-order valence-corrected chi connectivity index (χ3v) is 16.4. The minimum absolute atomic E-state index is 0.308. The molecule has 0 rings (SSSR count). The van der Waals surface area contributed by atoms with E-state index in [1.54, 1.807) is 14.2 Å². The summed E-state index contributed by atoms with van der Waals surface area (Å²) in [6.45, 7) is 19.3. The Kier molecular flexibility index (Phi) is 19.6. The summed E-state index contributed by atoms with van der Waals surface area (Å²) >= 11 is 0. The van der Waals surface area contributed by atoms with E-state index in [0.717, 1.165) is 38.0 Å². The van der Waals surface area contributed by atoms with Crippen LogP contribution in [0.25, 0.3) is 0 Å². The molecule has 0 aromatic rings. The van der Waals surface area contributed by atoms with E-state index < -0.39 is 35.2 Å². The van der Waals surface area contributed by atoms with Crippen LogP contribution in [0.15, 0.2) is 11.4 Å². The molecule has 0 spiro atoms. The Morgan fingerprint density at radius 2 is 1.09 bits per heavy atom. The second-order valence-electron chi connectivity index (χ2n) is 8.73. The average Bonchev–Trinajstić information content (AvgIpc) is 2.79. The number of nitrogens with one attached hydrogen (secondary N) is 2. The molecule has 12 heteroatoms. The van der Waals surface area contributed by atoms with Crippen LogP contribution >= 0.6 is 0 Å². The van der Waals surface area contributed by atoms with E-state index in [-0.39, 0.29) is 0 Å². The van der Waals surface area contributed by atoms with Gasteiger partial charge in [0.05, 0.1) is 9.52 Å². The fourth-order valence-electron chi connectivity index (χ4n) is 3.84. The van der Waals surface area contributed by atoms with E-state index in [2.05, 4.69) is 41.7 Å². The molecule has 204 valence electrons. The Morgan fingerprint density at radius 1 is 0.706 bits per heavy atom. The summed E-state index contributed by atoms with van der Waals surface area (Å²) in [5.74, 6) is 0.308. The van der Waals surface area contributed by atoms with Crippen molar-refractivity contribution < 1.29 is 26.6 Å². The van der Waals surface area contributed by atoms with Crippen LogP contribution in [0.4, 0.5) is 0 Å². The molecule has 0 aromatic carbocycles. The zero-order valence-corrected chi connectivity index (χ0v) is 27.9. The summed E-state index contributed by atoms with van der Waals surface area (Å²) in [5, 5.41) is 7.48. The maximum atomic E-state index is 5.98. The summed E-state index contributed by atoms with van der Waals surface area (Å²) < 4.78 is 35.1. The zero-order valence-electron chi connectivity index (χ0n) is 23.5. The lowest BCUT2D eigenvalue weighted by molar-refractivity contribution is 0.188. The maximum Gasteiger partial charge on any atom is 0.360 e. The SMILES string of the molecule is CCO[Si](C)(CCCNC(NCCC[Si](C)(OCC)OCC)[SiH2]C=C[Si](C)(OC)OC)OCC. The van der Waals surface area contributed by atoms with Gasteiger partial charge in [-0.2, -0.15) is 0 Å². The predicted molar refractivity (Wildman–Crippen MR) is 152 cm³/mol. The van der Waals surface area contributed by atoms with Gasteiger partial charge in [-0.15, -0.1) is 5.70 Å². The van der Waals surface area contributed by atoms with Crippen LogP contribution < -0.4 is 10.6 Å². The number of rotatable bonds is 23. The first-order valence-electron chi connectivity index (χ1n) is 13.0. The first kappa shape index (κ1) is 34.3. The molecule has 0 unspecified atom stereocenters. The van der Waals surface area contributed by atoms with Crippen molar-refractivity contribution in [2.75, 3.05) is 53.7 Å². The molecule has 0 aliphatic carbocycles. The standard InChI is InChI=1S/C22H54N2O6Si4/c1-10-27-33(8,28-11-2)19-14-16-23-22(31-18-21-32(7,25-5)26-6)24-17-15-20-34(9,29-12-3)30-13-4/h18,21-24H,10-17,19-20,31H2,1-9H3. The van der Waals surface area contributed by atoms with Gasteiger partial charge in [0.25, 0.3) is 0 Å². The number of hydrogen-bond acceptors (Lipinski definition) is 8. The summed E-state index contributed by atoms with van der Waals surface area (Å²) in [6, 6.07) is 1.99. The minimum atomic E-state index is -2.18. The van der Waals surface area contributed by atoms with Gasteiger partial charge in [0.2, 0.25) is 0 Å². The molecule has 0 atom stereocenters. The number of hydrogen-bond donors (Lipinski definition) is 2. The third-order valence-electron chi connectivity index (χ3n) is 5.80. The Morgan fingerprint density at radius 3 is 1.41 bits per heavy atom. The Balaban J connectivity index is 4.84. The van der Waals surface area contributed by atoms with Gasteiger partial charge in [0.1, 0.15) is 0 Å². The van der Waals surface area contributed by atoms with E-state index >= 15 is 0 Å². The highest BCUT2D eigenvalue weighted by atomic mass is 28.4. The van der Waals surface area contributed by atoms with Crippen molar-refractivity contribution in [3.05, 3.63) is 11.4 Å². The van der Waals surface area contributed by atoms with Crippen LogP contribution in [0.5, 0.6) is 0 Å². The summed E-state index contributed by atoms with van der Waals surface area (Å²) in [5.41, 5.74) is 4.47. The molecule has 8 nitrogen and oxygen atoms in total. The van der Waals surface area contributed by atoms with E-state index in [1.165, 1.54) is 0 Å². The predicted octanol–water partition coefficient (Wildman–Crippen LogP) is 3.11. The molecule has 0 bridgehead atoms. The second kappa shape index (κ2) is 19.4. The van der Waals surface area contributed by atoms with Crippen molar-refractivity contribution in [2.45, 2.75) is 78.1 Å². The zero-order chi connectivity index (χ0) is 25.9. The van der Waals surface area contributed by atoms with Crippen molar-refractivity contribution >= 4 is 35.2 Å². The molecule has 0 aliphatic rings. The quantitative estimate of drug-likeness (QED) is 0.113. The Labute approximate surface area is 215 Å². The summed E-state index contributed by atoms with van der Waals surface area (Å²) in [7, 11) is -3.42. The first-order valence-corrected chi connectivity index (χ1v) is 22.0. The molecule has 0 radical (unpaired) electrons. The van der Waals surface area contributed by atoms with E-state index in [4.69, 9.17) is 26.6 Å². The van der Waals surface area contributed by atoms with Crippen LogP contribution in [0.3, 0.4) is 0 Å². The molecule has 2 N–H and O–H groups in total. The van der Waals surface area contributed by atoms with E-state index in [9.17, 15) is 0 Å². The smallest absolute Gasteiger partial charge is 0.360 e. The Bertz CT molecular complexity index is 488. The topological polar surface area (TPSA) is 79.4 Å². The molecule has 0 saturated carbocycles. The fraction of sp³-hybridized carbons (Fsp3) is 0.909. The molecule has 0 amide bonds. The molecule has 0 aromatic heterocycles. The van der Waals surface area contributed by atoms with Crippen molar-refractivity contribution in [3.8, 4) is 0 Å².